The van der Waals surface area contributed by atoms with Crippen molar-refractivity contribution in [2.45, 2.75) is 19.9 Å². The summed E-state index contributed by atoms with van der Waals surface area (Å²) in [5.74, 6) is 1.01. The molecule has 4 rings (SSSR count). The Morgan fingerprint density at radius 2 is 2.03 bits per heavy atom. The van der Waals surface area contributed by atoms with Crippen LogP contribution in [0, 0.1) is 0 Å². The largest absolute Gasteiger partial charge is 0.490 e. The number of hydrogen-bond donors (Lipinski definition) is 1. The van der Waals surface area contributed by atoms with Crippen LogP contribution in [0.3, 0.4) is 0 Å². The number of pyridine rings is 1. The summed E-state index contributed by atoms with van der Waals surface area (Å²) < 4.78 is 13.2. The first-order valence-corrected chi connectivity index (χ1v) is 10.3. The summed E-state index contributed by atoms with van der Waals surface area (Å²) in [6.07, 6.45) is 4.54. The van der Waals surface area contributed by atoms with E-state index in [1.807, 2.05) is 44.3 Å². The first kappa shape index (κ1) is 21.0. The van der Waals surface area contributed by atoms with Crippen molar-refractivity contribution in [1.82, 2.24) is 24.5 Å². The number of rotatable bonds is 6. The molecule has 162 valence electrons. The molecule has 1 fully saturated rings. The van der Waals surface area contributed by atoms with Gasteiger partial charge in [-0.25, -0.2) is 18.9 Å². The van der Waals surface area contributed by atoms with Crippen molar-refractivity contribution in [3.05, 3.63) is 36.7 Å². The number of aromatic nitrogens is 4. The molecular formula is C22H27N6O3+. The van der Waals surface area contributed by atoms with Gasteiger partial charge >= 0.3 is 6.41 Å². The topological polar surface area (TPSA) is 105 Å². The van der Waals surface area contributed by atoms with Crippen molar-refractivity contribution in [2.75, 3.05) is 39.1 Å². The molecule has 9 heteroatoms. The minimum Gasteiger partial charge on any atom is -0.490 e. The Labute approximate surface area is 181 Å². The fourth-order valence-corrected chi connectivity index (χ4v) is 3.87. The van der Waals surface area contributed by atoms with E-state index < -0.39 is 0 Å². The second-order valence-electron chi connectivity index (χ2n) is 7.89. The Morgan fingerprint density at radius 1 is 1.26 bits per heavy atom. The zero-order valence-electron chi connectivity index (χ0n) is 18.0. The SMILES string of the molecule is COc1c(-c2cnc(N)c(-c3cn(C(C)C)nn3)c2)cccc1[N+]1(C=O)CCOCC1. The van der Waals surface area contributed by atoms with E-state index in [1.54, 1.807) is 18.0 Å². The van der Waals surface area contributed by atoms with Crippen LogP contribution in [-0.4, -0.2) is 59.8 Å². The van der Waals surface area contributed by atoms with Gasteiger partial charge in [-0.05, 0) is 19.9 Å². The minimum absolute atomic E-state index is 0.162. The second-order valence-corrected chi connectivity index (χ2v) is 7.89. The highest BCUT2D eigenvalue weighted by atomic mass is 16.5. The van der Waals surface area contributed by atoms with E-state index in [1.165, 1.54) is 0 Å². The Morgan fingerprint density at radius 3 is 2.68 bits per heavy atom. The average Bonchev–Trinajstić information content (AvgIpc) is 3.30. The number of nitrogens with zero attached hydrogens (tertiary/aromatic N) is 5. The molecule has 0 unspecified atom stereocenters. The van der Waals surface area contributed by atoms with Crippen LogP contribution in [-0.2, 0) is 9.53 Å². The normalized spacial score (nSPS) is 15.7. The van der Waals surface area contributed by atoms with Crippen LogP contribution in [0.15, 0.2) is 36.7 Å². The molecule has 2 N–H and O–H groups in total. The smallest absolute Gasteiger partial charge is 0.306 e. The summed E-state index contributed by atoms with van der Waals surface area (Å²) in [7, 11) is 1.62. The van der Waals surface area contributed by atoms with Gasteiger partial charge in [-0.3, -0.25) is 0 Å². The molecule has 3 heterocycles. The summed E-state index contributed by atoms with van der Waals surface area (Å²) in [4.78, 5) is 16.5. The number of anilines is 1. The highest BCUT2D eigenvalue weighted by Crippen LogP contribution is 2.42. The quantitative estimate of drug-likeness (QED) is 0.480. The van der Waals surface area contributed by atoms with Gasteiger partial charge in [0, 0.05) is 35.0 Å². The molecule has 31 heavy (non-hydrogen) atoms. The van der Waals surface area contributed by atoms with Crippen LogP contribution in [0.5, 0.6) is 5.75 Å². The van der Waals surface area contributed by atoms with E-state index in [0.717, 1.165) is 23.2 Å². The van der Waals surface area contributed by atoms with Gasteiger partial charge in [-0.15, -0.1) is 5.10 Å². The summed E-state index contributed by atoms with van der Waals surface area (Å²) >= 11 is 0. The van der Waals surface area contributed by atoms with Crippen molar-refractivity contribution in [1.29, 1.82) is 0 Å². The molecule has 1 amide bonds. The van der Waals surface area contributed by atoms with Gasteiger partial charge in [0.25, 0.3) is 0 Å². The zero-order valence-corrected chi connectivity index (χ0v) is 18.0. The number of ether oxygens (including phenoxy) is 2. The number of morpholine rings is 1. The summed E-state index contributed by atoms with van der Waals surface area (Å²) in [5.41, 5.74) is 9.97. The summed E-state index contributed by atoms with van der Waals surface area (Å²) in [6, 6.07) is 7.93. The highest BCUT2D eigenvalue weighted by Gasteiger charge is 2.37. The van der Waals surface area contributed by atoms with E-state index in [4.69, 9.17) is 15.2 Å². The van der Waals surface area contributed by atoms with E-state index in [-0.39, 0.29) is 10.5 Å². The number of methoxy groups -OCH3 is 1. The number of hydrogen-bond acceptors (Lipinski definition) is 7. The zero-order chi connectivity index (χ0) is 22.0. The average molecular weight is 423 g/mol. The molecule has 1 saturated heterocycles. The first-order chi connectivity index (χ1) is 15.0. The third kappa shape index (κ3) is 3.77. The summed E-state index contributed by atoms with van der Waals surface area (Å²) in [6.45, 7) is 6.23. The van der Waals surface area contributed by atoms with Gasteiger partial charge in [0.1, 0.15) is 24.6 Å². The molecule has 1 aliphatic heterocycles. The molecule has 0 aliphatic carbocycles. The number of benzene rings is 1. The van der Waals surface area contributed by atoms with Crippen molar-refractivity contribution >= 4 is 17.9 Å². The van der Waals surface area contributed by atoms with Gasteiger partial charge in [0.15, 0.2) is 11.4 Å². The van der Waals surface area contributed by atoms with E-state index in [9.17, 15) is 4.79 Å². The van der Waals surface area contributed by atoms with Crippen molar-refractivity contribution in [2.24, 2.45) is 0 Å². The third-order valence-electron chi connectivity index (χ3n) is 5.69. The first-order valence-electron chi connectivity index (χ1n) is 10.3. The Bertz CT molecular complexity index is 1090. The Kier molecular flexibility index (Phi) is 5.71. The fraction of sp³-hybridized carbons (Fsp3) is 0.364. The number of quaternary nitrogens is 1. The monoisotopic (exact) mass is 423 g/mol. The predicted molar refractivity (Wildman–Crippen MR) is 118 cm³/mol. The molecule has 1 aromatic carbocycles. The van der Waals surface area contributed by atoms with Crippen molar-refractivity contribution in [3.8, 4) is 28.1 Å². The molecule has 0 radical (unpaired) electrons. The van der Waals surface area contributed by atoms with Crippen LogP contribution in [0.4, 0.5) is 11.5 Å². The lowest BCUT2D eigenvalue weighted by atomic mass is 10.0. The lowest BCUT2D eigenvalue weighted by Gasteiger charge is -2.35. The van der Waals surface area contributed by atoms with Gasteiger partial charge < -0.3 is 15.2 Å². The van der Waals surface area contributed by atoms with Gasteiger partial charge in [0.2, 0.25) is 0 Å². The number of nitrogens with two attached hydrogens (primary N) is 1. The number of carbonyl (C=O) groups is 1. The maximum absolute atomic E-state index is 12.2. The molecule has 2 aromatic heterocycles. The number of para-hydroxylation sites is 1. The molecule has 1 aliphatic rings. The minimum atomic E-state index is 0.162. The number of amides is 1. The summed E-state index contributed by atoms with van der Waals surface area (Å²) in [5, 5.41) is 8.43. The van der Waals surface area contributed by atoms with Crippen LogP contribution in [0.1, 0.15) is 19.9 Å². The third-order valence-corrected chi connectivity index (χ3v) is 5.69. The van der Waals surface area contributed by atoms with E-state index >= 15 is 0 Å². The van der Waals surface area contributed by atoms with Crippen LogP contribution < -0.4 is 15.0 Å². The van der Waals surface area contributed by atoms with Gasteiger partial charge in [0.05, 0.1) is 26.5 Å². The van der Waals surface area contributed by atoms with Crippen LogP contribution in [0.2, 0.25) is 0 Å². The molecule has 0 spiro atoms. The number of nitrogen functional groups attached to an aromatic ring is 1. The molecule has 0 saturated carbocycles. The van der Waals surface area contributed by atoms with Gasteiger partial charge in [-0.1, -0.05) is 17.3 Å². The lowest BCUT2D eigenvalue weighted by molar-refractivity contribution is -0.121. The second kappa shape index (κ2) is 8.44. The van der Waals surface area contributed by atoms with Crippen molar-refractivity contribution in [3.63, 3.8) is 0 Å². The molecule has 3 aromatic rings. The number of carbonyl (C=O) groups excluding carboxylic acids is 1. The fourth-order valence-electron chi connectivity index (χ4n) is 3.87. The van der Waals surface area contributed by atoms with Crippen LogP contribution in [0.25, 0.3) is 22.4 Å². The molecule has 9 nitrogen and oxygen atoms in total. The highest BCUT2D eigenvalue weighted by molar-refractivity contribution is 5.85. The Hall–Kier alpha value is -3.30. The molecule has 0 atom stereocenters. The van der Waals surface area contributed by atoms with Crippen LogP contribution >= 0.6 is 0 Å². The maximum Gasteiger partial charge on any atom is 0.306 e. The standard InChI is InChI=1S/C22H27N6O3/c1-15(2)27-13-19(25-26-27)18-11-16(12-24-22(18)23)17-5-4-6-20(21(17)30-3)28(14-29)7-9-31-10-8-28/h4-6,11-15H,7-10H2,1-3H3,(H2,23,24)/q+1. The van der Waals surface area contributed by atoms with Gasteiger partial charge in [-0.2, -0.15) is 0 Å². The molecular weight excluding hydrogens is 396 g/mol. The van der Waals surface area contributed by atoms with Crippen molar-refractivity contribution < 1.29 is 14.3 Å². The Balaban J connectivity index is 1.82. The lowest BCUT2D eigenvalue weighted by Crippen LogP contribution is -2.55. The maximum atomic E-state index is 12.2. The molecule has 0 bridgehead atoms. The predicted octanol–water partition coefficient (Wildman–Crippen LogP) is 2.67. The van der Waals surface area contributed by atoms with E-state index in [0.29, 0.717) is 49.1 Å². The van der Waals surface area contributed by atoms with E-state index in [2.05, 4.69) is 15.3 Å².